The first-order valence-corrected chi connectivity index (χ1v) is 9.46. The maximum Gasteiger partial charge on any atom is 0.148 e. The second-order valence-corrected chi connectivity index (χ2v) is 6.64. The highest BCUT2D eigenvalue weighted by Crippen LogP contribution is 2.30. The molecule has 128 valence electrons. The van der Waals surface area contributed by atoms with E-state index in [0.717, 1.165) is 40.7 Å². The van der Waals surface area contributed by atoms with Gasteiger partial charge in [-0.25, -0.2) is 0 Å². The number of anilines is 1. The molecule has 1 aliphatic carbocycles. The summed E-state index contributed by atoms with van der Waals surface area (Å²) in [6.07, 6.45) is 7.06. The predicted octanol–water partition coefficient (Wildman–Crippen LogP) is 4.14. The van der Waals surface area contributed by atoms with Crippen molar-refractivity contribution in [3.8, 4) is 11.5 Å². The number of hydrogen-bond donors (Lipinski definition) is 1. The molecule has 0 aliphatic heterocycles. The lowest BCUT2D eigenvalue weighted by molar-refractivity contribution is 0.207. The molecule has 2 aromatic rings. The molecule has 0 bridgehead atoms. The van der Waals surface area contributed by atoms with Crippen LogP contribution < -0.4 is 14.8 Å². The van der Waals surface area contributed by atoms with Crippen LogP contribution in [0.1, 0.15) is 31.2 Å². The molecule has 24 heavy (non-hydrogen) atoms. The van der Waals surface area contributed by atoms with Gasteiger partial charge in [0.15, 0.2) is 0 Å². The maximum atomic E-state index is 6.21. The van der Waals surface area contributed by atoms with Crippen molar-refractivity contribution in [3.63, 3.8) is 0 Å². The van der Waals surface area contributed by atoms with Gasteiger partial charge in [0.1, 0.15) is 22.3 Å². The lowest BCUT2D eigenvalue weighted by atomic mass is 10.1. The van der Waals surface area contributed by atoms with Gasteiger partial charge < -0.3 is 14.8 Å². The number of methoxy groups -OCH3 is 1. The molecule has 6 heteroatoms. The monoisotopic (exact) mass is 345 g/mol. The summed E-state index contributed by atoms with van der Waals surface area (Å²) in [7, 11) is 1.68. The van der Waals surface area contributed by atoms with Gasteiger partial charge in [-0.1, -0.05) is 0 Å². The predicted molar refractivity (Wildman–Crippen MR) is 97.0 cm³/mol. The van der Waals surface area contributed by atoms with Crippen LogP contribution in [0.2, 0.25) is 0 Å². The highest BCUT2D eigenvalue weighted by atomic mass is 32.2. The van der Waals surface area contributed by atoms with Crippen LogP contribution in [0.4, 0.5) is 5.82 Å². The number of nitrogens with one attached hydrogen (secondary N) is 1. The molecule has 1 fully saturated rings. The fourth-order valence-electron chi connectivity index (χ4n) is 2.81. The molecular weight excluding hydrogens is 322 g/mol. The Labute approximate surface area is 147 Å². The zero-order valence-corrected chi connectivity index (χ0v) is 14.9. The molecule has 0 atom stereocenters. The van der Waals surface area contributed by atoms with Crippen LogP contribution in [0.3, 0.4) is 0 Å². The Hall–Kier alpha value is -1.95. The van der Waals surface area contributed by atoms with Gasteiger partial charge in [0, 0.05) is 18.2 Å². The van der Waals surface area contributed by atoms with Crippen LogP contribution in [0.25, 0.3) is 0 Å². The summed E-state index contributed by atoms with van der Waals surface area (Å²) in [4.78, 5) is 0. The first kappa shape index (κ1) is 16.9. The van der Waals surface area contributed by atoms with Crippen molar-refractivity contribution in [1.82, 2.24) is 10.2 Å². The third-order valence-corrected chi connectivity index (χ3v) is 4.82. The van der Waals surface area contributed by atoms with E-state index >= 15 is 0 Å². The normalized spacial score (nSPS) is 14.6. The summed E-state index contributed by atoms with van der Waals surface area (Å²) in [6, 6.07) is 9.88. The van der Waals surface area contributed by atoms with Crippen LogP contribution in [0, 0.1) is 0 Å². The minimum atomic E-state index is 0.316. The number of ether oxygens (including phenoxy) is 2. The fraction of sp³-hybridized carbons (Fsp3) is 0.444. The zero-order chi connectivity index (χ0) is 16.8. The Morgan fingerprint density at radius 2 is 2.00 bits per heavy atom. The number of benzene rings is 1. The zero-order valence-electron chi connectivity index (χ0n) is 14.1. The SMILES string of the molecule is COc1ccc(CNc2ccc(SC)nn2)c(OC2CCCC2)c1. The van der Waals surface area contributed by atoms with E-state index in [1.807, 2.05) is 36.6 Å². The van der Waals surface area contributed by atoms with E-state index < -0.39 is 0 Å². The van der Waals surface area contributed by atoms with E-state index in [1.54, 1.807) is 18.9 Å². The molecule has 1 aromatic carbocycles. The van der Waals surface area contributed by atoms with Gasteiger partial charge in [-0.3, -0.25) is 0 Å². The molecule has 0 saturated heterocycles. The molecular formula is C18H23N3O2S. The third-order valence-electron chi connectivity index (χ3n) is 4.18. The van der Waals surface area contributed by atoms with E-state index in [9.17, 15) is 0 Å². The number of nitrogens with zero attached hydrogens (tertiary/aromatic N) is 2. The minimum absolute atomic E-state index is 0.316. The second-order valence-electron chi connectivity index (χ2n) is 5.81. The molecule has 0 amide bonds. The molecule has 1 heterocycles. The molecule has 5 nitrogen and oxygen atoms in total. The van der Waals surface area contributed by atoms with Crippen molar-refractivity contribution >= 4 is 17.6 Å². The van der Waals surface area contributed by atoms with Crippen molar-refractivity contribution in [1.29, 1.82) is 0 Å². The van der Waals surface area contributed by atoms with E-state index in [4.69, 9.17) is 9.47 Å². The lowest BCUT2D eigenvalue weighted by Crippen LogP contribution is -2.13. The Bertz CT molecular complexity index is 658. The summed E-state index contributed by atoms with van der Waals surface area (Å²) in [6.45, 7) is 0.638. The van der Waals surface area contributed by atoms with Gasteiger partial charge in [0.2, 0.25) is 0 Å². The molecule has 0 radical (unpaired) electrons. The van der Waals surface area contributed by atoms with E-state index in [2.05, 4.69) is 15.5 Å². The van der Waals surface area contributed by atoms with Gasteiger partial charge in [-0.2, -0.15) is 0 Å². The Balaban J connectivity index is 1.70. The van der Waals surface area contributed by atoms with Crippen LogP contribution >= 0.6 is 11.8 Å². The first-order valence-electron chi connectivity index (χ1n) is 8.23. The molecule has 0 unspecified atom stereocenters. The fourth-order valence-corrected chi connectivity index (χ4v) is 3.14. The van der Waals surface area contributed by atoms with Crippen LogP contribution in [0.5, 0.6) is 11.5 Å². The number of thioether (sulfide) groups is 1. The standard InChI is InChI=1S/C18H23N3O2S/c1-22-15-8-7-13(16(11-15)23-14-5-3-4-6-14)12-19-17-9-10-18(24-2)21-20-17/h7-11,14H,3-6,12H2,1-2H3,(H,19,20). The quantitative estimate of drug-likeness (QED) is 0.761. The molecule has 3 rings (SSSR count). The van der Waals surface area contributed by atoms with Crippen LogP contribution in [0.15, 0.2) is 35.4 Å². The molecule has 1 aromatic heterocycles. The summed E-state index contributed by atoms with van der Waals surface area (Å²) in [5, 5.41) is 12.5. The third kappa shape index (κ3) is 4.32. The van der Waals surface area contributed by atoms with Crippen LogP contribution in [-0.2, 0) is 6.54 Å². The first-order chi connectivity index (χ1) is 11.8. The largest absolute Gasteiger partial charge is 0.497 e. The number of rotatable bonds is 7. The summed E-state index contributed by atoms with van der Waals surface area (Å²) in [5.74, 6) is 2.47. The molecule has 1 aliphatic rings. The minimum Gasteiger partial charge on any atom is -0.497 e. The van der Waals surface area contributed by atoms with Crippen molar-refractivity contribution in [2.75, 3.05) is 18.7 Å². The Kier molecular flexibility index (Phi) is 5.80. The van der Waals surface area contributed by atoms with Gasteiger partial charge in [0.25, 0.3) is 0 Å². The van der Waals surface area contributed by atoms with Crippen molar-refractivity contribution in [3.05, 3.63) is 35.9 Å². The molecule has 0 spiro atoms. The summed E-state index contributed by atoms with van der Waals surface area (Å²) >= 11 is 1.58. The Morgan fingerprint density at radius 1 is 1.17 bits per heavy atom. The Morgan fingerprint density at radius 3 is 2.67 bits per heavy atom. The average Bonchev–Trinajstić information content (AvgIpc) is 3.14. The smallest absolute Gasteiger partial charge is 0.148 e. The van der Waals surface area contributed by atoms with Crippen molar-refractivity contribution < 1.29 is 9.47 Å². The highest BCUT2D eigenvalue weighted by molar-refractivity contribution is 7.98. The van der Waals surface area contributed by atoms with Gasteiger partial charge in [0.05, 0.1) is 13.2 Å². The topological polar surface area (TPSA) is 56.3 Å². The summed E-state index contributed by atoms with van der Waals surface area (Å²) in [5.41, 5.74) is 1.10. The number of hydrogen-bond acceptors (Lipinski definition) is 6. The van der Waals surface area contributed by atoms with Gasteiger partial charge >= 0.3 is 0 Å². The lowest BCUT2D eigenvalue weighted by Gasteiger charge is -2.18. The maximum absolute atomic E-state index is 6.21. The highest BCUT2D eigenvalue weighted by Gasteiger charge is 2.18. The van der Waals surface area contributed by atoms with E-state index in [-0.39, 0.29) is 0 Å². The van der Waals surface area contributed by atoms with Gasteiger partial charge in [-0.05, 0) is 56.2 Å². The van der Waals surface area contributed by atoms with Crippen molar-refractivity contribution in [2.45, 2.75) is 43.4 Å². The van der Waals surface area contributed by atoms with Crippen LogP contribution in [-0.4, -0.2) is 29.7 Å². The molecule has 1 N–H and O–H groups in total. The van der Waals surface area contributed by atoms with Gasteiger partial charge in [-0.15, -0.1) is 22.0 Å². The van der Waals surface area contributed by atoms with Crippen molar-refractivity contribution in [2.24, 2.45) is 0 Å². The molecule has 1 saturated carbocycles. The van der Waals surface area contributed by atoms with E-state index in [1.165, 1.54) is 12.8 Å². The second kappa shape index (κ2) is 8.24. The average molecular weight is 345 g/mol. The summed E-state index contributed by atoms with van der Waals surface area (Å²) < 4.78 is 11.6. The number of aromatic nitrogens is 2. The van der Waals surface area contributed by atoms with E-state index in [0.29, 0.717) is 12.6 Å².